The largest absolute Gasteiger partial charge is 0.481 e. The van der Waals surface area contributed by atoms with Crippen molar-refractivity contribution in [1.82, 2.24) is 87.2 Å². The molecule has 37 heteroatoms. The maximum Gasteiger partial charge on any atom is 0.339 e. The van der Waals surface area contributed by atoms with E-state index in [1.54, 1.807) is 166 Å². The molecule has 0 spiro atoms. The van der Waals surface area contributed by atoms with Gasteiger partial charge in [0.2, 0.25) is 23.1 Å². The number of esters is 3. The molecule has 4 N–H and O–H groups in total. The minimum atomic E-state index is -3.22. The maximum absolute atomic E-state index is 11.9. The molecule has 658 valence electrons. The first-order valence-corrected chi connectivity index (χ1v) is 44.9. The number of H-pyrrole nitrogens is 1. The number of halogens is 4. The van der Waals surface area contributed by atoms with E-state index in [-0.39, 0.29) is 42.5 Å². The molecule has 32 nitrogen and oxygen atoms in total. The molecule has 0 unspecified atom stereocenters. The topological polar surface area (TPSA) is 435 Å². The first-order chi connectivity index (χ1) is 62.1. The Kier molecular flexibility index (Phi) is 35.1. The van der Waals surface area contributed by atoms with Gasteiger partial charge in [0, 0.05) is 160 Å². The Labute approximate surface area is 762 Å². The second kappa shape index (κ2) is 46.9. The van der Waals surface area contributed by atoms with E-state index in [1.165, 1.54) is 0 Å². The summed E-state index contributed by atoms with van der Waals surface area (Å²) >= 11 is 19.7. The Hall–Kier alpha value is -14.8. The number of aryl methyl sites for hydroxylation is 9. The van der Waals surface area contributed by atoms with Crippen molar-refractivity contribution in [2.45, 2.75) is 107 Å². The standard InChI is InChI=1S/C24H22N6O2.C22H20N6O3.C22H22N4O2.C21H19ClN4O2.C3H4N2.Cl3OP/c1-3-32-23(31)9-6-20-5-8-22(30(20)21-7-4-18(13-25)12-17(21)2)19-14-27-24(28-15-19)29-11-10-26-16-29;1-14-10-15(21(23)31)2-5-18(14)28-17(4-7-20(29)30)3-6-19(28)16-11-25-22(26-12-16)27-9-8-24-13-27;1-4-28-22(27)10-7-19-6-9-21(18-13-24-16(3)25-14-18)26(19)20-8-5-17(12-23)11-15(20)2;1-3-28-20(27)9-6-17-5-8-19(16-12-24-21(22)25-13-16)26(17)18-7-4-15(11-23)10-14(18)2;1-2-5-3-4-1;1-5(2,3)4/h4-5,7-8,10-12,14-16H,3,6,9H2,1-2H3;2-3,5-6,8-13H,4,7H2,1H3,(H2,23,31)(H,29,30);5-6,8-9,11,13-14H,4,7,10H2,1-3H3;4-5,7-8,10,12-13H,3,6,9H2,1-2H3;1-3H,(H,4,5);. The molecule has 0 bridgehead atoms. The summed E-state index contributed by atoms with van der Waals surface area (Å²) < 4.78 is 36.4. The highest BCUT2D eigenvalue weighted by Gasteiger charge is 2.23. The summed E-state index contributed by atoms with van der Waals surface area (Å²) in [6, 6.07) is 44.1. The number of hydrogen-bond acceptors (Lipinski definition) is 23. The summed E-state index contributed by atoms with van der Waals surface area (Å²) in [5, 5.41) is 33.7. The summed E-state index contributed by atoms with van der Waals surface area (Å²) in [7, 11) is 0. The number of carbonyl (C=O) groups is 5. The average molecular weight is 1830 g/mol. The predicted molar refractivity (Wildman–Crippen MR) is 487 cm³/mol. The fraction of sp³-hybridized carbons (Fsp3) is 0.207. The number of nitrogens with zero attached hydrogens (tertiary/aromatic N) is 20. The van der Waals surface area contributed by atoms with E-state index in [0.717, 1.165) is 113 Å². The quantitative estimate of drug-likeness (QED) is 0.0196. The van der Waals surface area contributed by atoms with Crippen molar-refractivity contribution in [3.63, 3.8) is 0 Å². The summed E-state index contributed by atoms with van der Waals surface area (Å²) in [5.41, 5.74) is 25.5. The van der Waals surface area contributed by atoms with Crippen LogP contribution in [0, 0.1) is 68.6 Å². The van der Waals surface area contributed by atoms with Gasteiger partial charge in [0.1, 0.15) is 18.5 Å². The second-order valence-corrected chi connectivity index (χ2v) is 35.1. The summed E-state index contributed by atoms with van der Waals surface area (Å²) in [6.45, 7) is 16.1. The van der Waals surface area contributed by atoms with Gasteiger partial charge >= 0.3 is 29.1 Å². The second-order valence-electron chi connectivity index (χ2n) is 28.1. The van der Waals surface area contributed by atoms with E-state index in [9.17, 15) is 33.8 Å². The number of benzene rings is 4. The van der Waals surface area contributed by atoms with Gasteiger partial charge in [-0.15, -0.1) is 0 Å². The van der Waals surface area contributed by atoms with Gasteiger partial charge in [-0.25, -0.2) is 54.8 Å². The molecular formula is C92H87Cl4N22O10P. The van der Waals surface area contributed by atoms with Crippen molar-refractivity contribution in [2.75, 3.05) is 19.8 Å². The monoisotopic (exact) mass is 1830 g/mol. The van der Waals surface area contributed by atoms with Crippen molar-refractivity contribution in [2.24, 2.45) is 5.73 Å². The van der Waals surface area contributed by atoms with E-state index >= 15 is 0 Å². The van der Waals surface area contributed by atoms with E-state index in [4.69, 9.17) is 47.2 Å². The number of nitrogens with one attached hydrogen (secondary N) is 1. The zero-order valence-corrected chi connectivity index (χ0v) is 75.2. The SMILES string of the molecule is CCOC(=O)CCc1ccc(-c2cnc(-n3ccnc3)nc2)n1-c1ccc(C#N)cc1C.CCOC(=O)CCc1ccc(-c2cnc(C)nc2)n1-c1ccc(C#N)cc1C.CCOC(=O)CCc1ccc(-c2cnc(Cl)nc2)n1-c1ccc(C#N)cc1C.Cc1cc(C(N)=O)ccc1-n1c(CCC(=O)O)ccc1-c1cnc(-n2ccnc2)nc1.O=P(Cl)(Cl)Cl.c1c[nH]cn1. The van der Waals surface area contributed by atoms with Crippen molar-refractivity contribution in [1.29, 1.82) is 15.8 Å². The van der Waals surface area contributed by atoms with Gasteiger partial charge in [0.25, 0.3) is 0 Å². The Balaban J connectivity index is 0.000000172. The molecule has 0 aliphatic carbocycles. The zero-order chi connectivity index (χ0) is 92.7. The molecule has 11 aromatic heterocycles. The van der Waals surface area contributed by atoms with E-state index in [1.807, 2.05) is 130 Å². The lowest BCUT2D eigenvalue weighted by Crippen LogP contribution is -2.12. The molecule has 15 aromatic rings. The Bertz CT molecular complexity index is 6320. The van der Waals surface area contributed by atoms with Crippen LogP contribution in [-0.4, -0.2) is 142 Å². The van der Waals surface area contributed by atoms with Crippen LogP contribution in [0.15, 0.2) is 227 Å². The molecule has 11 heterocycles. The Morgan fingerprint density at radius 1 is 0.442 bits per heavy atom. The van der Waals surface area contributed by atoms with Crippen LogP contribution in [0.2, 0.25) is 5.28 Å². The highest BCUT2D eigenvalue weighted by atomic mass is 36.0. The zero-order valence-electron chi connectivity index (χ0n) is 71.2. The third kappa shape index (κ3) is 27.1. The number of amides is 1. The number of nitrogens with two attached hydrogens (primary N) is 1. The van der Waals surface area contributed by atoms with Gasteiger partial charge in [-0.05, 0) is 270 Å². The molecular weight excluding hydrogens is 1750 g/mol. The fourth-order valence-electron chi connectivity index (χ4n) is 13.5. The number of carbonyl (C=O) groups excluding carboxylic acids is 4. The normalized spacial score (nSPS) is 10.6. The average Bonchev–Trinajstić information content (AvgIpc) is 1.69. The van der Waals surface area contributed by atoms with Gasteiger partial charge in [-0.3, -0.25) is 37.7 Å². The summed E-state index contributed by atoms with van der Waals surface area (Å²) in [4.78, 5) is 107. The summed E-state index contributed by atoms with van der Waals surface area (Å²) in [6.07, 6.45) is 31.9. The number of carboxylic acid groups (broad SMARTS) is 1. The number of aliphatic carboxylic acids is 1. The molecule has 0 fully saturated rings. The molecule has 0 saturated carbocycles. The van der Waals surface area contributed by atoms with Crippen LogP contribution in [0.3, 0.4) is 0 Å². The number of carboxylic acids is 1. The van der Waals surface area contributed by atoms with Crippen LogP contribution in [0.4, 0.5) is 0 Å². The Morgan fingerprint density at radius 2 is 0.760 bits per heavy atom. The number of rotatable bonds is 26. The lowest BCUT2D eigenvalue weighted by Gasteiger charge is -2.16. The minimum Gasteiger partial charge on any atom is -0.481 e. The summed E-state index contributed by atoms with van der Waals surface area (Å²) in [5.74, 6) is -0.325. The minimum absolute atomic E-state index is 0.00205. The predicted octanol–water partition coefficient (Wildman–Crippen LogP) is 17.7. The molecule has 0 radical (unpaired) electrons. The van der Waals surface area contributed by atoms with E-state index < -0.39 is 17.1 Å². The molecule has 4 aromatic carbocycles. The third-order valence-electron chi connectivity index (χ3n) is 19.3. The van der Waals surface area contributed by atoms with Crippen molar-refractivity contribution in [3.05, 3.63) is 305 Å². The molecule has 0 aliphatic rings. The highest BCUT2D eigenvalue weighted by Crippen LogP contribution is 2.61. The number of primary amides is 1. The number of hydrogen-bond donors (Lipinski definition) is 3. The Morgan fingerprint density at radius 3 is 1.02 bits per heavy atom. The first kappa shape index (κ1) is 96.4. The van der Waals surface area contributed by atoms with E-state index in [2.05, 4.69) is 125 Å². The lowest BCUT2D eigenvalue weighted by molar-refractivity contribution is -0.144. The smallest absolute Gasteiger partial charge is 0.339 e. The van der Waals surface area contributed by atoms with Gasteiger partial charge in [0.05, 0.1) is 110 Å². The molecule has 129 heavy (non-hydrogen) atoms. The van der Waals surface area contributed by atoms with Crippen LogP contribution in [0.1, 0.15) is 124 Å². The van der Waals surface area contributed by atoms with Crippen molar-refractivity contribution in [3.8, 4) is 97.9 Å². The van der Waals surface area contributed by atoms with Crippen LogP contribution in [0.5, 0.6) is 0 Å². The van der Waals surface area contributed by atoms with Crippen molar-refractivity contribution >= 4 is 80.3 Å². The van der Waals surface area contributed by atoms with Crippen LogP contribution >= 0.6 is 50.5 Å². The van der Waals surface area contributed by atoms with Crippen LogP contribution in [0.25, 0.3) is 79.7 Å². The van der Waals surface area contributed by atoms with Gasteiger partial charge in [-0.2, -0.15) is 15.8 Å². The highest BCUT2D eigenvalue weighted by molar-refractivity contribution is 8.24. The number of ether oxygens (including phenoxy) is 3. The van der Waals surface area contributed by atoms with Gasteiger partial charge < -0.3 is 48.3 Å². The molecule has 1 amide bonds. The molecule has 0 aliphatic heterocycles. The maximum atomic E-state index is 11.9. The lowest BCUT2D eigenvalue weighted by atomic mass is 10.1. The van der Waals surface area contributed by atoms with Crippen LogP contribution in [-0.2, 0) is 63.6 Å². The first-order valence-electron chi connectivity index (χ1n) is 40.1. The van der Waals surface area contributed by atoms with Crippen molar-refractivity contribution < 1.29 is 47.9 Å². The molecule has 15 rings (SSSR count). The number of nitriles is 3. The molecule has 0 saturated heterocycles. The number of imidazole rings is 3. The van der Waals surface area contributed by atoms with Crippen LogP contribution < -0.4 is 5.73 Å². The van der Waals surface area contributed by atoms with Gasteiger partial charge in [-0.1, -0.05) is 0 Å². The number of aromatic amines is 1. The fourth-order valence-corrected chi connectivity index (χ4v) is 13.6. The molecule has 0 atom stereocenters. The van der Waals surface area contributed by atoms with Gasteiger partial charge in [0.15, 0.2) is 0 Å². The number of aromatic nitrogens is 18. The third-order valence-corrected chi connectivity index (χ3v) is 19.5. The van der Waals surface area contributed by atoms with E-state index in [0.29, 0.717) is 91.9 Å².